The fourth-order valence-corrected chi connectivity index (χ4v) is 5.98. The Balaban J connectivity index is 1.51. The van der Waals surface area contributed by atoms with Crippen molar-refractivity contribution in [2.45, 2.75) is 0 Å². The maximum absolute atomic E-state index is 4.93. The molecule has 0 spiro atoms. The minimum atomic E-state index is 0.964. The van der Waals surface area contributed by atoms with Gasteiger partial charge in [0, 0.05) is 45.4 Å². The third-order valence-electron chi connectivity index (χ3n) is 7.67. The molecule has 0 aliphatic heterocycles. The lowest BCUT2D eigenvalue weighted by Crippen LogP contribution is -1.96. The maximum atomic E-state index is 4.93. The van der Waals surface area contributed by atoms with Gasteiger partial charge in [-0.15, -0.1) is 0 Å². The molecule has 0 atom stereocenters. The van der Waals surface area contributed by atoms with Crippen LogP contribution in [0.5, 0.6) is 0 Å². The second-order valence-corrected chi connectivity index (χ2v) is 9.86. The van der Waals surface area contributed by atoms with Crippen LogP contribution in [0.15, 0.2) is 140 Å². The Morgan fingerprint density at radius 1 is 0.487 bits per heavy atom. The van der Waals surface area contributed by atoms with Gasteiger partial charge >= 0.3 is 0 Å². The smallest absolute Gasteiger partial charge is 0.0787 e. The maximum Gasteiger partial charge on any atom is 0.0787 e. The Kier molecular flexibility index (Phi) is 4.82. The quantitative estimate of drug-likeness (QED) is 0.244. The molecule has 8 rings (SSSR count). The first kappa shape index (κ1) is 21.8. The van der Waals surface area contributed by atoms with E-state index in [-0.39, 0.29) is 0 Å². The van der Waals surface area contributed by atoms with E-state index in [0.29, 0.717) is 0 Å². The zero-order valence-electron chi connectivity index (χ0n) is 21.1. The van der Waals surface area contributed by atoms with Crippen LogP contribution < -0.4 is 0 Å². The van der Waals surface area contributed by atoms with Crippen molar-refractivity contribution >= 4 is 43.4 Å². The molecular formula is C36H23N3. The molecule has 8 aromatic rings. The summed E-state index contributed by atoms with van der Waals surface area (Å²) in [4.78, 5) is 9.53. The summed E-state index contributed by atoms with van der Waals surface area (Å²) in [6.45, 7) is 0. The Morgan fingerprint density at radius 2 is 1.26 bits per heavy atom. The van der Waals surface area contributed by atoms with Gasteiger partial charge in [-0.05, 0) is 58.6 Å². The first-order chi connectivity index (χ1) is 19.4. The topological polar surface area (TPSA) is 30.7 Å². The van der Waals surface area contributed by atoms with E-state index >= 15 is 0 Å². The van der Waals surface area contributed by atoms with Gasteiger partial charge < -0.3 is 4.57 Å². The molecule has 3 heteroatoms. The van der Waals surface area contributed by atoms with E-state index < -0.39 is 0 Å². The molecule has 0 radical (unpaired) electrons. The van der Waals surface area contributed by atoms with Gasteiger partial charge in [0.05, 0.1) is 22.4 Å². The molecule has 3 heterocycles. The Hall–Kier alpha value is -5.28. The SMILES string of the molecule is c1ccc(-c2cccc(-n3c4ccccc4c4c5ccccc5c(-c5nccc6ccccc56)cc43)c2)nc1. The van der Waals surface area contributed by atoms with Crippen LogP contribution >= 0.6 is 0 Å². The number of hydrogen-bond acceptors (Lipinski definition) is 2. The van der Waals surface area contributed by atoms with E-state index in [4.69, 9.17) is 4.98 Å². The van der Waals surface area contributed by atoms with Gasteiger partial charge in [-0.2, -0.15) is 0 Å². The van der Waals surface area contributed by atoms with E-state index in [1.165, 1.54) is 32.4 Å². The second-order valence-electron chi connectivity index (χ2n) is 9.86. The lowest BCUT2D eigenvalue weighted by Gasteiger charge is -2.13. The predicted molar refractivity (Wildman–Crippen MR) is 162 cm³/mol. The summed E-state index contributed by atoms with van der Waals surface area (Å²) in [5.41, 5.74) is 7.65. The third-order valence-corrected chi connectivity index (χ3v) is 7.67. The number of nitrogens with zero attached hydrogens (tertiary/aromatic N) is 3. The number of hydrogen-bond donors (Lipinski definition) is 0. The van der Waals surface area contributed by atoms with Gasteiger partial charge in [0.1, 0.15) is 0 Å². The van der Waals surface area contributed by atoms with E-state index in [0.717, 1.165) is 39.1 Å². The van der Waals surface area contributed by atoms with Gasteiger partial charge in [-0.25, -0.2) is 0 Å². The number of aromatic nitrogens is 3. The van der Waals surface area contributed by atoms with Crippen molar-refractivity contribution in [3.8, 4) is 28.2 Å². The van der Waals surface area contributed by atoms with Crippen molar-refractivity contribution in [2.75, 3.05) is 0 Å². The summed E-state index contributed by atoms with van der Waals surface area (Å²) in [6, 6.07) is 45.0. The Labute approximate surface area is 225 Å². The standard InChI is InChI=1S/C36H23N3/c1-2-13-27-24(10-1)19-21-38-36(27)31-23-34-35(29-15-4-3-14-28(29)31)30-16-5-6-18-33(30)39(34)26-12-9-11-25(22-26)32-17-7-8-20-37-32/h1-23H. The lowest BCUT2D eigenvalue weighted by atomic mass is 9.95. The molecule has 5 aromatic carbocycles. The molecule has 0 bridgehead atoms. The van der Waals surface area contributed by atoms with E-state index in [1.54, 1.807) is 0 Å². The molecule has 3 aromatic heterocycles. The average Bonchev–Trinajstić information content (AvgIpc) is 3.35. The summed E-state index contributed by atoms with van der Waals surface area (Å²) in [6.07, 6.45) is 3.76. The summed E-state index contributed by atoms with van der Waals surface area (Å²) < 4.78 is 2.39. The van der Waals surface area contributed by atoms with Gasteiger partial charge in [-0.3, -0.25) is 9.97 Å². The second kappa shape index (κ2) is 8.64. The Bertz CT molecular complexity index is 2170. The molecule has 182 valence electrons. The molecule has 0 fully saturated rings. The monoisotopic (exact) mass is 497 g/mol. The largest absolute Gasteiger partial charge is 0.309 e. The van der Waals surface area contributed by atoms with Crippen LogP contribution in [-0.4, -0.2) is 14.5 Å². The third kappa shape index (κ3) is 3.37. The van der Waals surface area contributed by atoms with Crippen LogP contribution in [0, 0.1) is 0 Å². The number of para-hydroxylation sites is 1. The molecule has 0 saturated heterocycles. The van der Waals surface area contributed by atoms with Crippen LogP contribution in [-0.2, 0) is 0 Å². The molecule has 39 heavy (non-hydrogen) atoms. The average molecular weight is 498 g/mol. The summed E-state index contributed by atoms with van der Waals surface area (Å²) in [5, 5.41) is 7.28. The lowest BCUT2D eigenvalue weighted by molar-refractivity contribution is 1.18. The molecule has 0 aliphatic rings. The van der Waals surface area contributed by atoms with E-state index in [9.17, 15) is 0 Å². The summed E-state index contributed by atoms with van der Waals surface area (Å²) in [5.74, 6) is 0. The van der Waals surface area contributed by atoms with E-state index in [2.05, 4.69) is 125 Å². The molecule has 0 amide bonds. The molecular weight excluding hydrogens is 474 g/mol. The zero-order chi connectivity index (χ0) is 25.8. The minimum Gasteiger partial charge on any atom is -0.309 e. The van der Waals surface area contributed by atoms with Crippen molar-refractivity contribution in [1.29, 1.82) is 0 Å². The predicted octanol–water partition coefficient (Wildman–Crippen LogP) is 9.21. The van der Waals surface area contributed by atoms with Crippen LogP contribution in [0.4, 0.5) is 0 Å². The number of pyridine rings is 2. The van der Waals surface area contributed by atoms with Crippen LogP contribution in [0.25, 0.3) is 71.6 Å². The molecule has 0 saturated carbocycles. The highest BCUT2D eigenvalue weighted by atomic mass is 15.0. The highest BCUT2D eigenvalue weighted by Crippen LogP contribution is 2.42. The van der Waals surface area contributed by atoms with Crippen LogP contribution in [0.1, 0.15) is 0 Å². The normalized spacial score (nSPS) is 11.6. The van der Waals surface area contributed by atoms with Crippen molar-refractivity contribution in [2.24, 2.45) is 0 Å². The summed E-state index contributed by atoms with van der Waals surface area (Å²) >= 11 is 0. The fourth-order valence-electron chi connectivity index (χ4n) is 5.98. The van der Waals surface area contributed by atoms with Crippen molar-refractivity contribution in [3.63, 3.8) is 0 Å². The number of fused-ring (bicyclic) bond motifs is 6. The molecule has 0 N–H and O–H groups in total. The van der Waals surface area contributed by atoms with Crippen molar-refractivity contribution < 1.29 is 0 Å². The number of benzene rings is 5. The van der Waals surface area contributed by atoms with Crippen molar-refractivity contribution in [1.82, 2.24) is 14.5 Å². The molecule has 0 aliphatic carbocycles. The first-order valence-corrected chi connectivity index (χ1v) is 13.2. The van der Waals surface area contributed by atoms with Crippen molar-refractivity contribution in [3.05, 3.63) is 140 Å². The van der Waals surface area contributed by atoms with Gasteiger partial charge in [0.2, 0.25) is 0 Å². The number of rotatable bonds is 3. The Morgan fingerprint density at radius 3 is 2.13 bits per heavy atom. The van der Waals surface area contributed by atoms with Crippen LogP contribution in [0.2, 0.25) is 0 Å². The minimum absolute atomic E-state index is 0.964. The van der Waals surface area contributed by atoms with Gasteiger partial charge in [0.25, 0.3) is 0 Å². The van der Waals surface area contributed by atoms with Gasteiger partial charge in [-0.1, -0.05) is 84.9 Å². The molecule has 3 nitrogen and oxygen atoms in total. The molecule has 0 unspecified atom stereocenters. The highest BCUT2D eigenvalue weighted by Gasteiger charge is 2.19. The van der Waals surface area contributed by atoms with E-state index in [1.807, 2.05) is 24.5 Å². The fraction of sp³-hybridized carbons (Fsp3) is 0. The van der Waals surface area contributed by atoms with Crippen LogP contribution in [0.3, 0.4) is 0 Å². The summed E-state index contributed by atoms with van der Waals surface area (Å²) in [7, 11) is 0. The van der Waals surface area contributed by atoms with Gasteiger partial charge in [0.15, 0.2) is 0 Å². The first-order valence-electron chi connectivity index (χ1n) is 13.2. The zero-order valence-corrected chi connectivity index (χ0v) is 21.1. The highest BCUT2D eigenvalue weighted by molar-refractivity contribution is 6.24.